The van der Waals surface area contributed by atoms with Gasteiger partial charge < -0.3 is 15.8 Å². The van der Waals surface area contributed by atoms with Gasteiger partial charge in [0.05, 0.1) is 6.61 Å². The Morgan fingerprint density at radius 1 is 1.36 bits per heavy atom. The lowest BCUT2D eigenvalue weighted by Crippen LogP contribution is -2.40. The Morgan fingerprint density at radius 3 is 2.77 bits per heavy atom. The van der Waals surface area contributed by atoms with E-state index in [0.29, 0.717) is 26.0 Å². The fourth-order valence-corrected chi connectivity index (χ4v) is 2.13. The molecule has 1 amide bonds. The van der Waals surface area contributed by atoms with Crippen molar-refractivity contribution in [1.82, 2.24) is 5.32 Å². The zero-order valence-electron chi connectivity index (χ0n) is 13.6. The van der Waals surface area contributed by atoms with Crippen LogP contribution < -0.4 is 15.8 Å². The molecule has 0 aliphatic rings. The predicted octanol–water partition coefficient (Wildman–Crippen LogP) is 3.21. The molecule has 1 aromatic carbocycles. The van der Waals surface area contributed by atoms with Crippen LogP contribution in [0.2, 0.25) is 0 Å². The summed E-state index contributed by atoms with van der Waals surface area (Å²) in [4.78, 5) is 11.8. The highest BCUT2D eigenvalue weighted by Crippen LogP contribution is 2.12. The first kappa shape index (κ1) is 20.7. The number of halogens is 1. The molecule has 5 heteroatoms. The van der Waals surface area contributed by atoms with Crippen molar-refractivity contribution >= 4 is 18.3 Å². The zero-order valence-corrected chi connectivity index (χ0v) is 14.5. The van der Waals surface area contributed by atoms with Gasteiger partial charge in [-0.2, -0.15) is 0 Å². The van der Waals surface area contributed by atoms with E-state index in [1.807, 2.05) is 31.2 Å². The second kappa shape index (κ2) is 12.3. The van der Waals surface area contributed by atoms with Gasteiger partial charge in [-0.15, -0.1) is 12.4 Å². The number of amides is 1. The van der Waals surface area contributed by atoms with Crippen LogP contribution in [0.15, 0.2) is 24.3 Å². The Morgan fingerprint density at radius 2 is 2.14 bits per heavy atom. The molecule has 22 heavy (non-hydrogen) atoms. The van der Waals surface area contributed by atoms with Gasteiger partial charge in [-0.05, 0) is 37.5 Å². The van der Waals surface area contributed by atoms with Crippen LogP contribution in [-0.2, 0) is 4.79 Å². The largest absolute Gasteiger partial charge is 0.494 e. The molecule has 0 radical (unpaired) electrons. The molecule has 1 rings (SSSR count). The number of ether oxygens (including phenoxy) is 1. The quantitative estimate of drug-likeness (QED) is 0.648. The van der Waals surface area contributed by atoms with E-state index in [1.54, 1.807) is 0 Å². The molecule has 1 atom stereocenters. The smallest absolute Gasteiger partial charge is 0.220 e. The van der Waals surface area contributed by atoms with Gasteiger partial charge in [-0.25, -0.2) is 0 Å². The van der Waals surface area contributed by atoms with E-state index in [9.17, 15) is 4.79 Å². The predicted molar refractivity (Wildman–Crippen MR) is 93.7 cm³/mol. The normalized spacial score (nSPS) is 11.4. The highest BCUT2D eigenvalue weighted by Gasteiger charge is 2.09. The molecular formula is C17H29ClN2O2. The molecule has 1 unspecified atom stereocenters. The molecule has 0 aliphatic heterocycles. The Kier molecular flexibility index (Phi) is 11.6. The summed E-state index contributed by atoms with van der Waals surface area (Å²) in [5.74, 6) is 0.924. The molecule has 4 nitrogen and oxygen atoms in total. The summed E-state index contributed by atoms with van der Waals surface area (Å²) < 4.78 is 5.63. The van der Waals surface area contributed by atoms with Crippen LogP contribution in [0.4, 0.5) is 0 Å². The first-order chi connectivity index (χ1) is 10.2. The summed E-state index contributed by atoms with van der Waals surface area (Å²) in [6.45, 7) is 5.23. The summed E-state index contributed by atoms with van der Waals surface area (Å²) in [6.07, 6.45) is 4.37. The number of nitrogens with two attached hydrogens (primary N) is 1. The first-order valence-electron chi connectivity index (χ1n) is 7.84. The first-order valence-corrected chi connectivity index (χ1v) is 7.84. The molecule has 0 spiro atoms. The minimum Gasteiger partial charge on any atom is -0.494 e. The van der Waals surface area contributed by atoms with Crippen molar-refractivity contribution in [3.05, 3.63) is 29.8 Å². The van der Waals surface area contributed by atoms with E-state index in [2.05, 4.69) is 12.2 Å². The van der Waals surface area contributed by atoms with Crippen LogP contribution in [0.5, 0.6) is 5.75 Å². The molecular weight excluding hydrogens is 300 g/mol. The second-order valence-corrected chi connectivity index (χ2v) is 5.41. The van der Waals surface area contributed by atoms with E-state index in [1.165, 1.54) is 5.56 Å². The number of carbonyl (C=O) groups is 1. The van der Waals surface area contributed by atoms with E-state index < -0.39 is 0 Å². The van der Waals surface area contributed by atoms with Crippen molar-refractivity contribution in [3.8, 4) is 5.75 Å². The fourth-order valence-electron chi connectivity index (χ4n) is 2.13. The minimum atomic E-state index is 0. The minimum absolute atomic E-state index is 0. The van der Waals surface area contributed by atoms with Gasteiger partial charge in [0.15, 0.2) is 0 Å². The maximum absolute atomic E-state index is 11.8. The number of carbonyl (C=O) groups excluding carboxylic acids is 1. The Labute approximate surface area is 140 Å². The molecule has 0 aromatic heterocycles. The summed E-state index contributed by atoms with van der Waals surface area (Å²) in [7, 11) is 0. The lowest BCUT2D eigenvalue weighted by molar-refractivity contribution is -0.122. The summed E-state index contributed by atoms with van der Waals surface area (Å²) in [5.41, 5.74) is 6.84. The van der Waals surface area contributed by atoms with Crippen LogP contribution >= 0.6 is 12.4 Å². The number of unbranched alkanes of at least 4 members (excludes halogenated alkanes) is 1. The monoisotopic (exact) mass is 328 g/mol. The topological polar surface area (TPSA) is 64.3 Å². The van der Waals surface area contributed by atoms with Crippen LogP contribution in [0.3, 0.4) is 0 Å². The third kappa shape index (κ3) is 8.90. The number of benzene rings is 1. The number of nitrogens with one attached hydrogen (secondary N) is 1. The van der Waals surface area contributed by atoms with E-state index in [-0.39, 0.29) is 24.4 Å². The Bertz CT molecular complexity index is 427. The molecule has 0 saturated carbocycles. The van der Waals surface area contributed by atoms with Crippen molar-refractivity contribution in [1.29, 1.82) is 0 Å². The van der Waals surface area contributed by atoms with Gasteiger partial charge in [0, 0.05) is 19.0 Å². The van der Waals surface area contributed by atoms with Crippen molar-refractivity contribution in [3.63, 3.8) is 0 Å². The highest BCUT2D eigenvalue weighted by atomic mass is 35.5. The lowest BCUT2D eigenvalue weighted by atomic mass is 10.1. The molecule has 0 fully saturated rings. The van der Waals surface area contributed by atoms with E-state index in [0.717, 1.165) is 25.0 Å². The van der Waals surface area contributed by atoms with E-state index >= 15 is 0 Å². The molecule has 126 valence electrons. The van der Waals surface area contributed by atoms with Crippen molar-refractivity contribution in [2.75, 3.05) is 13.2 Å². The Balaban J connectivity index is 0.00000441. The van der Waals surface area contributed by atoms with Crippen molar-refractivity contribution in [2.45, 2.75) is 52.0 Å². The average Bonchev–Trinajstić information content (AvgIpc) is 2.48. The van der Waals surface area contributed by atoms with E-state index in [4.69, 9.17) is 10.5 Å². The number of hydrogen-bond donors (Lipinski definition) is 2. The summed E-state index contributed by atoms with van der Waals surface area (Å²) in [6, 6.07) is 8.04. The number of rotatable bonds is 10. The van der Waals surface area contributed by atoms with Gasteiger partial charge in [0.1, 0.15) is 5.75 Å². The van der Waals surface area contributed by atoms with Crippen LogP contribution in [0.25, 0.3) is 0 Å². The molecule has 0 heterocycles. The third-order valence-electron chi connectivity index (χ3n) is 3.36. The van der Waals surface area contributed by atoms with Gasteiger partial charge in [0.2, 0.25) is 5.91 Å². The average molecular weight is 329 g/mol. The second-order valence-electron chi connectivity index (χ2n) is 5.41. The van der Waals surface area contributed by atoms with Crippen LogP contribution in [-0.4, -0.2) is 25.1 Å². The summed E-state index contributed by atoms with van der Waals surface area (Å²) >= 11 is 0. The third-order valence-corrected chi connectivity index (χ3v) is 3.36. The van der Waals surface area contributed by atoms with Crippen molar-refractivity contribution in [2.24, 2.45) is 5.73 Å². The number of aryl methyl sites for hydroxylation is 1. The SMILES string of the molecule is CCCCC(CN)NC(=O)CCCOc1cccc(C)c1.Cl. The lowest BCUT2D eigenvalue weighted by Gasteiger charge is -2.16. The van der Waals surface area contributed by atoms with Crippen LogP contribution in [0.1, 0.15) is 44.6 Å². The number of hydrogen-bond acceptors (Lipinski definition) is 3. The van der Waals surface area contributed by atoms with Gasteiger partial charge in [-0.3, -0.25) is 4.79 Å². The molecule has 0 saturated heterocycles. The maximum Gasteiger partial charge on any atom is 0.220 e. The molecule has 0 bridgehead atoms. The highest BCUT2D eigenvalue weighted by molar-refractivity contribution is 5.85. The molecule has 3 N–H and O–H groups in total. The summed E-state index contributed by atoms with van der Waals surface area (Å²) in [5, 5.41) is 2.99. The van der Waals surface area contributed by atoms with Crippen LogP contribution in [0, 0.1) is 6.92 Å². The van der Waals surface area contributed by atoms with Gasteiger partial charge >= 0.3 is 0 Å². The zero-order chi connectivity index (χ0) is 15.5. The van der Waals surface area contributed by atoms with Crippen molar-refractivity contribution < 1.29 is 9.53 Å². The standard InChI is InChI=1S/C17H28N2O2.ClH/c1-3-4-8-15(13-18)19-17(20)10-6-11-21-16-9-5-7-14(2)12-16;/h5,7,9,12,15H,3-4,6,8,10-11,13,18H2,1-2H3,(H,19,20);1H. The fraction of sp³-hybridized carbons (Fsp3) is 0.588. The molecule has 1 aromatic rings. The van der Waals surface area contributed by atoms with Gasteiger partial charge in [0.25, 0.3) is 0 Å². The maximum atomic E-state index is 11.8. The Hall–Kier alpha value is -1.26. The molecule has 0 aliphatic carbocycles. The van der Waals surface area contributed by atoms with Gasteiger partial charge in [-0.1, -0.05) is 31.9 Å².